The summed E-state index contributed by atoms with van der Waals surface area (Å²) in [6.45, 7) is 3.37. The van der Waals surface area contributed by atoms with E-state index in [1.54, 1.807) is 13.2 Å². The van der Waals surface area contributed by atoms with Gasteiger partial charge < -0.3 is 33.5 Å². The highest BCUT2D eigenvalue weighted by molar-refractivity contribution is 6.11. The van der Waals surface area contributed by atoms with Crippen LogP contribution in [0.3, 0.4) is 0 Å². The average Bonchev–Trinajstić information content (AvgIpc) is 3.24. The monoisotopic (exact) mass is 430 g/mol. The van der Waals surface area contributed by atoms with Gasteiger partial charge in [-0.1, -0.05) is 6.92 Å². The van der Waals surface area contributed by atoms with Crippen LogP contribution < -0.4 is 28.4 Å². The third-order valence-electron chi connectivity index (χ3n) is 6.18. The third-order valence-corrected chi connectivity index (χ3v) is 6.18. The van der Waals surface area contributed by atoms with Crippen LogP contribution in [-0.4, -0.2) is 51.7 Å². The Morgan fingerprint density at radius 1 is 0.968 bits per heavy atom. The minimum absolute atomic E-state index is 0.00545. The molecule has 0 saturated heterocycles. The minimum Gasteiger partial charge on any atom is -0.493 e. The van der Waals surface area contributed by atoms with Crippen molar-refractivity contribution in [3.63, 3.8) is 0 Å². The first-order valence-electron chi connectivity index (χ1n) is 9.90. The first-order valence-corrected chi connectivity index (χ1v) is 9.90. The van der Waals surface area contributed by atoms with E-state index in [9.17, 15) is 9.90 Å². The molecule has 8 heteroatoms. The van der Waals surface area contributed by atoms with Gasteiger partial charge in [-0.05, 0) is 37.0 Å². The van der Waals surface area contributed by atoms with Gasteiger partial charge in [-0.25, -0.2) is 0 Å². The fraction of sp³-hybridized carbons (Fsp3) is 0.435. The lowest BCUT2D eigenvalue weighted by molar-refractivity contribution is 0.0129. The van der Waals surface area contributed by atoms with Gasteiger partial charge in [-0.2, -0.15) is 0 Å². The smallest absolute Gasteiger partial charge is 0.231 e. The number of carbonyl (C=O) groups excluding carboxylic acids is 1. The van der Waals surface area contributed by atoms with Gasteiger partial charge in [0.15, 0.2) is 28.8 Å². The Balaban J connectivity index is 2.20. The Kier molecular flexibility index (Phi) is 5.13. The van der Waals surface area contributed by atoms with E-state index in [1.807, 2.05) is 13.0 Å². The van der Waals surface area contributed by atoms with Gasteiger partial charge in [0, 0.05) is 16.7 Å². The van der Waals surface area contributed by atoms with Crippen molar-refractivity contribution in [1.82, 2.24) is 0 Å². The Morgan fingerprint density at radius 2 is 1.65 bits per heavy atom. The summed E-state index contributed by atoms with van der Waals surface area (Å²) < 4.78 is 33.8. The molecule has 2 aromatic carbocycles. The van der Waals surface area contributed by atoms with Crippen LogP contribution in [0.25, 0.3) is 11.1 Å². The molecule has 2 atom stereocenters. The first kappa shape index (κ1) is 21.1. The number of hydrogen-bond donors (Lipinski definition) is 1. The van der Waals surface area contributed by atoms with Gasteiger partial charge in [0.2, 0.25) is 18.3 Å². The number of Topliss-reactive ketones (excluding diaryl/α,β-unsaturated/α-hetero) is 1. The number of carbonyl (C=O) groups is 1. The second-order valence-electron chi connectivity index (χ2n) is 7.83. The fourth-order valence-corrected chi connectivity index (χ4v) is 4.30. The highest BCUT2D eigenvalue weighted by Gasteiger charge is 2.44. The van der Waals surface area contributed by atoms with Crippen LogP contribution in [0.5, 0.6) is 34.5 Å². The van der Waals surface area contributed by atoms with Crippen molar-refractivity contribution >= 4 is 5.78 Å². The summed E-state index contributed by atoms with van der Waals surface area (Å²) in [5, 5.41) is 11.2. The molecule has 1 N–H and O–H groups in total. The van der Waals surface area contributed by atoms with Crippen molar-refractivity contribution in [3.05, 3.63) is 23.3 Å². The lowest BCUT2D eigenvalue weighted by Crippen LogP contribution is -2.43. The SMILES string of the molecule is COc1cc2c(c(OC)c1OC)-c1c(cc3c(c1OC)OCO3)C(=O)[C@@](C)(O)[C@@H](C)C2. The number of rotatable bonds is 4. The average molecular weight is 430 g/mol. The van der Waals surface area contributed by atoms with E-state index in [1.165, 1.54) is 28.3 Å². The van der Waals surface area contributed by atoms with Crippen LogP contribution in [0.1, 0.15) is 29.8 Å². The minimum atomic E-state index is -1.62. The zero-order valence-corrected chi connectivity index (χ0v) is 18.5. The zero-order chi connectivity index (χ0) is 22.5. The number of hydrogen-bond acceptors (Lipinski definition) is 8. The molecule has 0 aromatic heterocycles. The largest absolute Gasteiger partial charge is 0.493 e. The molecule has 0 radical (unpaired) electrons. The number of methoxy groups -OCH3 is 4. The summed E-state index contributed by atoms with van der Waals surface area (Å²) in [4.78, 5) is 13.6. The Hall–Kier alpha value is -3.13. The van der Waals surface area contributed by atoms with Crippen molar-refractivity contribution in [1.29, 1.82) is 0 Å². The van der Waals surface area contributed by atoms with Crippen molar-refractivity contribution in [2.45, 2.75) is 25.9 Å². The molecular formula is C23H26O8. The Morgan fingerprint density at radius 3 is 2.26 bits per heavy atom. The molecule has 8 nitrogen and oxygen atoms in total. The Bertz CT molecular complexity index is 1060. The van der Waals surface area contributed by atoms with Crippen molar-refractivity contribution in [2.75, 3.05) is 35.2 Å². The molecule has 0 saturated carbocycles. The zero-order valence-electron chi connectivity index (χ0n) is 18.5. The molecular weight excluding hydrogens is 404 g/mol. The second kappa shape index (κ2) is 7.53. The van der Waals surface area contributed by atoms with Crippen LogP contribution in [-0.2, 0) is 6.42 Å². The van der Waals surface area contributed by atoms with Crippen LogP contribution in [0.4, 0.5) is 0 Å². The first-order chi connectivity index (χ1) is 14.8. The maximum Gasteiger partial charge on any atom is 0.231 e. The fourth-order valence-electron chi connectivity index (χ4n) is 4.30. The van der Waals surface area contributed by atoms with E-state index >= 15 is 0 Å². The molecule has 0 amide bonds. The Labute approximate surface area is 180 Å². The van der Waals surface area contributed by atoms with Gasteiger partial charge >= 0.3 is 0 Å². The summed E-state index contributed by atoms with van der Waals surface area (Å²) in [7, 11) is 6.08. The number of fused-ring (bicyclic) bond motifs is 4. The van der Waals surface area contributed by atoms with E-state index in [0.717, 1.165) is 5.56 Å². The molecule has 4 rings (SSSR count). The quantitative estimate of drug-likeness (QED) is 0.790. The number of benzene rings is 2. The molecule has 1 aliphatic heterocycles. The standard InChI is InChI=1S/C23H26O8/c1-11-7-12-8-14(26-3)18(27-4)20(28-5)16(12)17-13(22(24)23(11,2)25)9-15-19(21(17)29-6)31-10-30-15/h8-9,11,25H,7,10H2,1-6H3/t11-,23-/m0/s1. The predicted octanol–water partition coefficient (Wildman–Crippen LogP) is 3.24. The summed E-state index contributed by atoms with van der Waals surface area (Å²) in [5.74, 6) is 1.55. The van der Waals surface area contributed by atoms with Crippen molar-refractivity contribution in [3.8, 4) is 45.6 Å². The highest BCUT2D eigenvalue weighted by atomic mass is 16.7. The topological polar surface area (TPSA) is 92.7 Å². The lowest BCUT2D eigenvalue weighted by atomic mass is 9.74. The predicted molar refractivity (Wildman–Crippen MR) is 112 cm³/mol. The van der Waals surface area contributed by atoms with Gasteiger partial charge in [-0.15, -0.1) is 0 Å². The summed E-state index contributed by atoms with van der Waals surface area (Å²) >= 11 is 0. The number of ether oxygens (including phenoxy) is 6. The van der Waals surface area contributed by atoms with Crippen LogP contribution >= 0.6 is 0 Å². The van der Waals surface area contributed by atoms with Crippen LogP contribution in [0.2, 0.25) is 0 Å². The van der Waals surface area contributed by atoms with Crippen LogP contribution in [0, 0.1) is 5.92 Å². The maximum absolute atomic E-state index is 13.6. The van der Waals surface area contributed by atoms with Crippen LogP contribution in [0.15, 0.2) is 12.1 Å². The molecule has 1 heterocycles. The second-order valence-corrected chi connectivity index (χ2v) is 7.83. The summed E-state index contributed by atoms with van der Waals surface area (Å²) in [6.07, 6.45) is 0.391. The van der Waals surface area contributed by atoms with E-state index < -0.39 is 17.3 Å². The van der Waals surface area contributed by atoms with E-state index in [0.29, 0.717) is 52.0 Å². The van der Waals surface area contributed by atoms with E-state index in [2.05, 4.69) is 0 Å². The number of aliphatic hydroxyl groups is 1. The normalized spacial score (nSPS) is 21.5. The number of ketones is 1. The highest BCUT2D eigenvalue weighted by Crippen LogP contribution is 2.56. The molecule has 2 aromatic rings. The van der Waals surface area contributed by atoms with Gasteiger partial charge in [0.05, 0.1) is 28.4 Å². The van der Waals surface area contributed by atoms with Crippen molar-refractivity contribution in [2.24, 2.45) is 5.92 Å². The molecule has 0 unspecified atom stereocenters. The van der Waals surface area contributed by atoms with Gasteiger partial charge in [-0.3, -0.25) is 4.79 Å². The van der Waals surface area contributed by atoms with Gasteiger partial charge in [0.1, 0.15) is 5.60 Å². The van der Waals surface area contributed by atoms with E-state index in [4.69, 9.17) is 28.4 Å². The summed E-state index contributed by atoms with van der Waals surface area (Å²) in [6, 6.07) is 3.43. The molecule has 1 aliphatic carbocycles. The molecule has 31 heavy (non-hydrogen) atoms. The molecule has 2 aliphatic rings. The van der Waals surface area contributed by atoms with Crippen molar-refractivity contribution < 1.29 is 38.3 Å². The summed E-state index contributed by atoms with van der Waals surface area (Å²) in [5.41, 5.74) is 0.529. The molecule has 0 fully saturated rings. The maximum atomic E-state index is 13.6. The van der Waals surface area contributed by atoms with E-state index in [-0.39, 0.29) is 12.4 Å². The third kappa shape index (κ3) is 2.96. The molecule has 166 valence electrons. The molecule has 0 spiro atoms. The van der Waals surface area contributed by atoms with Gasteiger partial charge in [0.25, 0.3) is 0 Å². The molecule has 0 bridgehead atoms. The lowest BCUT2D eigenvalue weighted by Gasteiger charge is -2.34.